The van der Waals surface area contributed by atoms with Crippen LogP contribution in [-0.2, 0) is 16.0 Å². The third kappa shape index (κ3) is 5.45. The highest BCUT2D eigenvalue weighted by Crippen LogP contribution is 2.04. The van der Waals surface area contributed by atoms with Crippen LogP contribution in [0.4, 0.5) is 0 Å². The summed E-state index contributed by atoms with van der Waals surface area (Å²) in [5, 5.41) is 12.1. The van der Waals surface area contributed by atoms with Gasteiger partial charge in [-0.2, -0.15) is 0 Å². The molecule has 0 aliphatic heterocycles. The van der Waals surface area contributed by atoms with Gasteiger partial charge in [-0.3, -0.25) is 9.59 Å². The van der Waals surface area contributed by atoms with Crippen molar-refractivity contribution >= 4 is 11.8 Å². The molecule has 0 unspecified atom stereocenters. The minimum absolute atomic E-state index is 0.0805. The van der Waals surface area contributed by atoms with Crippen LogP contribution in [0.15, 0.2) is 30.3 Å². The van der Waals surface area contributed by atoms with E-state index in [-0.39, 0.29) is 13.0 Å². The van der Waals surface area contributed by atoms with E-state index < -0.39 is 17.9 Å². The number of nitrogens with one attached hydrogen (secondary N) is 1. The zero-order valence-electron chi connectivity index (χ0n) is 10.1. The first-order valence-corrected chi connectivity index (χ1v) is 5.87. The van der Waals surface area contributed by atoms with Gasteiger partial charge in [0.1, 0.15) is 6.10 Å². The fraction of sp³-hybridized carbons (Fsp3) is 0.385. The van der Waals surface area contributed by atoms with Gasteiger partial charge in [0.25, 0.3) is 0 Å². The van der Waals surface area contributed by atoms with Crippen molar-refractivity contribution in [3.05, 3.63) is 35.9 Å². The number of benzene rings is 1. The number of primary amides is 1. The number of carbonyl (C=O) groups excluding carboxylic acids is 2. The number of amides is 2. The molecule has 0 aliphatic rings. The standard InChI is InChI=1S/C13H18N2O3/c14-12(17)8-9-15-13(18)11(16)7-6-10-4-2-1-3-5-10/h1-5,11,16H,6-9H2,(H2,14,17)(H,15,18)/t11-/m1/s1. The van der Waals surface area contributed by atoms with Gasteiger partial charge in [-0.05, 0) is 18.4 Å². The van der Waals surface area contributed by atoms with E-state index in [4.69, 9.17) is 5.73 Å². The van der Waals surface area contributed by atoms with E-state index in [1.54, 1.807) is 0 Å². The first-order chi connectivity index (χ1) is 8.59. The van der Waals surface area contributed by atoms with Crippen LogP contribution in [0, 0.1) is 0 Å². The van der Waals surface area contributed by atoms with Gasteiger partial charge in [-0.15, -0.1) is 0 Å². The molecule has 5 nitrogen and oxygen atoms in total. The summed E-state index contributed by atoms with van der Waals surface area (Å²) in [5.74, 6) is -0.943. The molecule has 0 saturated heterocycles. The summed E-state index contributed by atoms with van der Waals surface area (Å²) in [6.45, 7) is 0.163. The molecule has 0 heterocycles. The summed E-state index contributed by atoms with van der Waals surface area (Å²) in [4.78, 5) is 21.9. The topological polar surface area (TPSA) is 92.4 Å². The first-order valence-electron chi connectivity index (χ1n) is 5.87. The Balaban J connectivity index is 2.25. The van der Waals surface area contributed by atoms with Crippen LogP contribution in [0.3, 0.4) is 0 Å². The molecule has 0 saturated carbocycles. The Morgan fingerprint density at radius 1 is 1.28 bits per heavy atom. The van der Waals surface area contributed by atoms with Crippen LogP contribution >= 0.6 is 0 Å². The Labute approximate surface area is 106 Å². The maximum atomic E-state index is 11.4. The second-order valence-electron chi connectivity index (χ2n) is 4.05. The highest BCUT2D eigenvalue weighted by atomic mass is 16.3. The Bertz CT molecular complexity index is 392. The maximum Gasteiger partial charge on any atom is 0.248 e. The molecule has 4 N–H and O–H groups in total. The van der Waals surface area contributed by atoms with Gasteiger partial charge >= 0.3 is 0 Å². The zero-order chi connectivity index (χ0) is 13.4. The van der Waals surface area contributed by atoms with E-state index >= 15 is 0 Å². The molecule has 1 aromatic rings. The van der Waals surface area contributed by atoms with Gasteiger partial charge in [0.2, 0.25) is 11.8 Å². The Kier molecular flexibility index (Phi) is 5.87. The zero-order valence-corrected chi connectivity index (χ0v) is 10.1. The molecular formula is C13H18N2O3. The SMILES string of the molecule is NC(=O)CCNC(=O)[C@H](O)CCc1ccccc1. The van der Waals surface area contributed by atoms with Gasteiger partial charge in [0.15, 0.2) is 0 Å². The fourth-order valence-corrected chi connectivity index (χ4v) is 1.51. The molecule has 0 fully saturated rings. The summed E-state index contributed by atoms with van der Waals surface area (Å²) < 4.78 is 0. The minimum atomic E-state index is -1.06. The molecule has 18 heavy (non-hydrogen) atoms. The number of hydrogen-bond donors (Lipinski definition) is 3. The van der Waals surface area contributed by atoms with Crippen molar-refractivity contribution in [3.63, 3.8) is 0 Å². The van der Waals surface area contributed by atoms with Crippen molar-refractivity contribution in [2.75, 3.05) is 6.54 Å². The molecule has 2 amide bonds. The van der Waals surface area contributed by atoms with E-state index in [9.17, 15) is 14.7 Å². The highest BCUT2D eigenvalue weighted by Gasteiger charge is 2.14. The Morgan fingerprint density at radius 2 is 1.94 bits per heavy atom. The van der Waals surface area contributed by atoms with Crippen molar-refractivity contribution in [3.8, 4) is 0 Å². The molecule has 0 radical (unpaired) electrons. The summed E-state index contributed by atoms with van der Waals surface area (Å²) in [6.07, 6.45) is 0.00696. The van der Waals surface area contributed by atoms with Crippen molar-refractivity contribution in [2.45, 2.75) is 25.4 Å². The molecule has 0 bridgehead atoms. The Morgan fingerprint density at radius 3 is 2.56 bits per heavy atom. The molecule has 1 atom stereocenters. The van der Waals surface area contributed by atoms with Gasteiger partial charge in [-0.1, -0.05) is 30.3 Å². The lowest BCUT2D eigenvalue weighted by molar-refractivity contribution is -0.129. The average molecular weight is 250 g/mol. The molecule has 0 spiro atoms. The van der Waals surface area contributed by atoms with Gasteiger partial charge in [0, 0.05) is 13.0 Å². The predicted octanol–water partition coefficient (Wildman–Crippen LogP) is -0.0283. The molecule has 98 valence electrons. The van der Waals surface area contributed by atoms with E-state index in [1.165, 1.54) is 0 Å². The predicted molar refractivity (Wildman–Crippen MR) is 67.6 cm³/mol. The number of rotatable bonds is 7. The average Bonchev–Trinajstić information content (AvgIpc) is 2.36. The van der Waals surface area contributed by atoms with Gasteiger partial charge < -0.3 is 16.2 Å². The summed E-state index contributed by atoms with van der Waals surface area (Å²) in [7, 11) is 0. The number of nitrogens with two attached hydrogens (primary N) is 1. The van der Waals surface area contributed by atoms with Crippen molar-refractivity contribution < 1.29 is 14.7 Å². The molecular weight excluding hydrogens is 232 g/mol. The summed E-state index contributed by atoms with van der Waals surface area (Å²) in [6, 6.07) is 9.62. The quantitative estimate of drug-likeness (QED) is 0.634. The lowest BCUT2D eigenvalue weighted by Crippen LogP contribution is -2.36. The van der Waals surface area contributed by atoms with Crippen molar-refractivity contribution in [2.24, 2.45) is 5.73 Å². The lowest BCUT2D eigenvalue weighted by atomic mass is 10.1. The van der Waals surface area contributed by atoms with E-state index in [2.05, 4.69) is 5.32 Å². The number of aliphatic hydroxyl groups excluding tert-OH is 1. The second-order valence-corrected chi connectivity index (χ2v) is 4.05. The summed E-state index contributed by atoms with van der Waals surface area (Å²) >= 11 is 0. The van der Waals surface area contributed by atoms with Crippen molar-refractivity contribution in [1.82, 2.24) is 5.32 Å². The Hall–Kier alpha value is -1.88. The number of aliphatic hydroxyl groups is 1. The molecule has 0 aliphatic carbocycles. The largest absolute Gasteiger partial charge is 0.383 e. The van der Waals surface area contributed by atoms with Crippen LogP contribution < -0.4 is 11.1 Å². The first kappa shape index (κ1) is 14.2. The van der Waals surface area contributed by atoms with Crippen LogP contribution in [0.2, 0.25) is 0 Å². The molecule has 1 rings (SSSR count). The lowest BCUT2D eigenvalue weighted by Gasteiger charge is -2.10. The van der Waals surface area contributed by atoms with Crippen LogP contribution in [0.5, 0.6) is 0 Å². The van der Waals surface area contributed by atoms with E-state index in [0.717, 1.165) is 5.56 Å². The fourth-order valence-electron chi connectivity index (χ4n) is 1.51. The van der Waals surface area contributed by atoms with Crippen LogP contribution in [0.1, 0.15) is 18.4 Å². The third-order valence-corrected chi connectivity index (χ3v) is 2.52. The highest BCUT2D eigenvalue weighted by molar-refractivity contribution is 5.81. The monoisotopic (exact) mass is 250 g/mol. The van der Waals surface area contributed by atoms with Gasteiger partial charge in [0.05, 0.1) is 0 Å². The number of carbonyl (C=O) groups is 2. The van der Waals surface area contributed by atoms with E-state index in [0.29, 0.717) is 12.8 Å². The second kappa shape index (κ2) is 7.45. The minimum Gasteiger partial charge on any atom is -0.383 e. The van der Waals surface area contributed by atoms with Crippen LogP contribution in [0.25, 0.3) is 0 Å². The maximum absolute atomic E-state index is 11.4. The molecule has 5 heteroatoms. The molecule has 1 aromatic carbocycles. The van der Waals surface area contributed by atoms with Crippen molar-refractivity contribution in [1.29, 1.82) is 0 Å². The normalized spacial score (nSPS) is 11.8. The summed E-state index contributed by atoms with van der Waals surface area (Å²) in [5.41, 5.74) is 6.01. The number of aryl methyl sites for hydroxylation is 1. The number of hydrogen-bond acceptors (Lipinski definition) is 3. The smallest absolute Gasteiger partial charge is 0.248 e. The van der Waals surface area contributed by atoms with Gasteiger partial charge in [-0.25, -0.2) is 0 Å². The van der Waals surface area contributed by atoms with E-state index in [1.807, 2.05) is 30.3 Å². The van der Waals surface area contributed by atoms with Crippen LogP contribution in [-0.4, -0.2) is 29.6 Å². The third-order valence-electron chi connectivity index (χ3n) is 2.52. The molecule has 0 aromatic heterocycles.